The number of hydrogen-bond donors (Lipinski definition) is 2. The fourth-order valence-electron chi connectivity index (χ4n) is 2.10. The van der Waals surface area contributed by atoms with Crippen molar-refractivity contribution < 1.29 is 18.4 Å². The van der Waals surface area contributed by atoms with Crippen LogP contribution in [0.4, 0.5) is 0 Å². The number of carbonyl (C=O) groups is 1. The van der Waals surface area contributed by atoms with Gasteiger partial charge in [0.05, 0.1) is 4.90 Å². The lowest BCUT2D eigenvalue weighted by molar-refractivity contribution is -0.124. The lowest BCUT2D eigenvalue weighted by Crippen LogP contribution is -2.14. The van der Waals surface area contributed by atoms with Gasteiger partial charge in [-0.2, -0.15) is 0 Å². The number of nitrogens with zero attached hydrogens (tertiary/aromatic N) is 2. The molecule has 0 fully saturated rings. The molecular weight excluding hydrogens is 366 g/mol. The number of benzene rings is 1. The number of aromatic nitrogens is 1. The quantitative estimate of drug-likeness (QED) is 0.449. The Morgan fingerprint density at radius 2 is 1.88 bits per heavy atom. The van der Waals surface area contributed by atoms with Crippen molar-refractivity contribution in [1.82, 2.24) is 14.4 Å². The van der Waals surface area contributed by atoms with Gasteiger partial charge < -0.3 is 4.90 Å². The molecule has 1 aromatic heterocycles. The number of halogens is 1. The maximum Gasteiger partial charge on any atom is 0.267 e. The van der Waals surface area contributed by atoms with Gasteiger partial charge in [0.25, 0.3) is 15.9 Å². The standard InChI is InChI=1S/C16H19N3O4S.ClH/c1-18(2)11-13-3-6-15(7-4-13)24(22,23)19-10-9-14(12-19)5-8-16(20)17-21;/h3-10,12,21H,11H2,1-2H3,(H,17,20);1H. The Bertz CT molecular complexity index is 843. The van der Waals surface area contributed by atoms with E-state index in [4.69, 9.17) is 5.21 Å². The van der Waals surface area contributed by atoms with Gasteiger partial charge in [0.15, 0.2) is 0 Å². The van der Waals surface area contributed by atoms with Crippen LogP contribution in [0.25, 0.3) is 6.08 Å². The van der Waals surface area contributed by atoms with E-state index in [2.05, 4.69) is 0 Å². The third-order valence-electron chi connectivity index (χ3n) is 3.23. The number of hydroxylamine groups is 1. The number of nitrogens with one attached hydrogen (secondary N) is 1. The molecule has 0 radical (unpaired) electrons. The molecule has 0 saturated carbocycles. The van der Waals surface area contributed by atoms with Gasteiger partial charge in [-0.15, -0.1) is 12.4 Å². The van der Waals surface area contributed by atoms with Crippen molar-refractivity contribution in [3.05, 3.63) is 59.9 Å². The van der Waals surface area contributed by atoms with E-state index in [9.17, 15) is 13.2 Å². The molecule has 0 atom stereocenters. The topological polar surface area (TPSA) is 91.6 Å². The van der Waals surface area contributed by atoms with Crippen LogP contribution >= 0.6 is 12.4 Å². The molecule has 7 nitrogen and oxygen atoms in total. The average molecular weight is 386 g/mol. The highest BCUT2D eigenvalue weighted by Gasteiger charge is 2.16. The Hall–Kier alpha value is -2.13. The van der Waals surface area contributed by atoms with Crippen LogP contribution in [0, 0.1) is 0 Å². The Morgan fingerprint density at radius 1 is 1.24 bits per heavy atom. The summed E-state index contributed by atoms with van der Waals surface area (Å²) in [5, 5.41) is 8.42. The van der Waals surface area contributed by atoms with Gasteiger partial charge in [-0.05, 0) is 49.5 Å². The summed E-state index contributed by atoms with van der Waals surface area (Å²) in [6.45, 7) is 0.728. The van der Waals surface area contributed by atoms with E-state index in [1.165, 1.54) is 23.9 Å². The first-order valence-corrected chi connectivity index (χ1v) is 8.56. The minimum absolute atomic E-state index is 0. The van der Waals surface area contributed by atoms with Crippen LogP contribution in [-0.2, 0) is 21.4 Å². The summed E-state index contributed by atoms with van der Waals surface area (Å²) in [4.78, 5) is 13.1. The second kappa shape index (κ2) is 8.82. The monoisotopic (exact) mass is 385 g/mol. The summed E-state index contributed by atoms with van der Waals surface area (Å²) in [5.74, 6) is -0.693. The molecule has 2 rings (SSSR count). The zero-order valence-corrected chi connectivity index (χ0v) is 15.4. The maximum absolute atomic E-state index is 12.6. The Kier molecular flexibility index (Phi) is 7.38. The first kappa shape index (κ1) is 20.9. The van der Waals surface area contributed by atoms with Crippen molar-refractivity contribution in [3.8, 4) is 0 Å². The average Bonchev–Trinajstić information content (AvgIpc) is 3.02. The normalized spacial score (nSPS) is 11.5. The zero-order chi connectivity index (χ0) is 17.7. The predicted octanol–water partition coefficient (Wildman–Crippen LogP) is 1.73. The Balaban J connectivity index is 0.00000312. The molecule has 0 unspecified atom stereocenters. The van der Waals surface area contributed by atoms with Gasteiger partial charge in [0, 0.05) is 25.0 Å². The molecule has 2 N–H and O–H groups in total. The van der Waals surface area contributed by atoms with Crippen molar-refractivity contribution in [2.24, 2.45) is 0 Å². The fraction of sp³-hybridized carbons (Fsp3) is 0.188. The highest BCUT2D eigenvalue weighted by atomic mass is 35.5. The second-order valence-corrected chi connectivity index (χ2v) is 7.31. The summed E-state index contributed by atoms with van der Waals surface area (Å²) in [6, 6.07) is 8.26. The Morgan fingerprint density at radius 3 is 2.44 bits per heavy atom. The van der Waals surface area contributed by atoms with Gasteiger partial charge in [-0.3, -0.25) is 10.0 Å². The van der Waals surface area contributed by atoms with Gasteiger partial charge in [0.1, 0.15) is 0 Å². The van der Waals surface area contributed by atoms with Crippen LogP contribution < -0.4 is 5.48 Å². The van der Waals surface area contributed by atoms with Crippen LogP contribution in [0.1, 0.15) is 11.1 Å². The molecule has 0 spiro atoms. The first-order chi connectivity index (χ1) is 11.3. The highest BCUT2D eigenvalue weighted by molar-refractivity contribution is 7.90. The lowest BCUT2D eigenvalue weighted by atomic mass is 10.2. The summed E-state index contributed by atoms with van der Waals surface area (Å²) in [6.07, 6.45) is 5.30. The van der Waals surface area contributed by atoms with E-state index in [1.807, 2.05) is 19.0 Å². The number of hydrogen-bond acceptors (Lipinski definition) is 5. The third kappa shape index (κ3) is 5.43. The predicted molar refractivity (Wildman–Crippen MR) is 97.1 cm³/mol. The smallest absolute Gasteiger partial charge is 0.267 e. The van der Waals surface area contributed by atoms with E-state index in [-0.39, 0.29) is 17.3 Å². The molecule has 2 aromatic rings. The zero-order valence-electron chi connectivity index (χ0n) is 13.8. The number of rotatable bonds is 6. The summed E-state index contributed by atoms with van der Waals surface area (Å²) >= 11 is 0. The summed E-state index contributed by atoms with van der Waals surface area (Å²) < 4.78 is 26.3. The minimum atomic E-state index is -3.69. The van der Waals surface area contributed by atoms with Crippen molar-refractivity contribution in [2.45, 2.75) is 11.4 Å². The van der Waals surface area contributed by atoms with E-state index >= 15 is 0 Å². The van der Waals surface area contributed by atoms with Crippen LogP contribution in [0.15, 0.2) is 53.7 Å². The van der Waals surface area contributed by atoms with Gasteiger partial charge in [-0.25, -0.2) is 17.9 Å². The van der Waals surface area contributed by atoms with Crippen molar-refractivity contribution >= 4 is 34.4 Å². The molecular formula is C16H20ClN3O4S. The van der Waals surface area contributed by atoms with Gasteiger partial charge in [0.2, 0.25) is 0 Å². The van der Waals surface area contributed by atoms with Crippen molar-refractivity contribution in [3.63, 3.8) is 0 Å². The van der Waals surface area contributed by atoms with E-state index in [0.29, 0.717) is 5.56 Å². The molecule has 0 aliphatic heterocycles. The van der Waals surface area contributed by atoms with Crippen LogP contribution in [-0.4, -0.2) is 42.5 Å². The van der Waals surface area contributed by atoms with Crippen LogP contribution in [0.2, 0.25) is 0 Å². The van der Waals surface area contributed by atoms with Gasteiger partial charge in [-0.1, -0.05) is 12.1 Å². The molecule has 0 aliphatic rings. The summed E-state index contributed by atoms with van der Waals surface area (Å²) in [7, 11) is 0.194. The molecule has 0 aliphatic carbocycles. The van der Waals surface area contributed by atoms with Crippen molar-refractivity contribution in [1.29, 1.82) is 0 Å². The molecule has 0 saturated heterocycles. The van der Waals surface area contributed by atoms with Crippen LogP contribution in [0.3, 0.4) is 0 Å². The highest BCUT2D eigenvalue weighted by Crippen LogP contribution is 2.17. The lowest BCUT2D eigenvalue weighted by Gasteiger charge is -2.10. The molecule has 25 heavy (non-hydrogen) atoms. The largest absolute Gasteiger partial charge is 0.305 e. The van der Waals surface area contributed by atoms with E-state index in [1.54, 1.807) is 30.3 Å². The van der Waals surface area contributed by atoms with Crippen LogP contribution in [0.5, 0.6) is 0 Å². The minimum Gasteiger partial charge on any atom is -0.305 e. The fourth-order valence-corrected chi connectivity index (χ4v) is 3.31. The molecule has 1 aromatic carbocycles. The van der Waals surface area contributed by atoms with E-state index < -0.39 is 15.9 Å². The molecule has 1 heterocycles. The third-order valence-corrected chi connectivity index (χ3v) is 4.88. The molecule has 1 amide bonds. The maximum atomic E-state index is 12.6. The van der Waals surface area contributed by atoms with E-state index in [0.717, 1.165) is 22.2 Å². The second-order valence-electron chi connectivity index (χ2n) is 5.47. The van der Waals surface area contributed by atoms with Gasteiger partial charge >= 0.3 is 0 Å². The molecule has 136 valence electrons. The Labute approximate surface area is 153 Å². The molecule has 0 bridgehead atoms. The SMILES string of the molecule is CN(C)Cc1ccc(S(=O)(=O)n2ccc(C=CC(=O)NO)c2)cc1.Cl. The number of carbonyl (C=O) groups excluding carboxylic acids is 1. The first-order valence-electron chi connectivity index (χ1n) is 7.12. The summed E-state index contributed by atoms with van der Waals surface area (Å²) in [5.41, 5.74) is 3.00. The number of amides is 1. The molecule has 9 heteroatoms. The van der Waals surface area contributed by atoms with Crippen molar-refractivity contribution in [2.75, 3.05) is 14.1 Å².